The maximum atomic E-state index is 11.8. The van der Waals surface area contributed by atoms with Crippen molar-refractivity contribution in [1.29, 1.82) is 0 Å². The van der Waals surface area contributed by atoms with E-state index in [4.69, 9.17) is 14.2 Å². The van der Waals surface area contributed by atoms with E-state index in [0.717, 1.165) is 72.8 Å². The number of hydrogen-bond donors (Lipinski definition) is 2. The fourth-order valence-corrected chi connectivity index (χ4v) is 5.21. The number of sulfonamides is 1. The number of ether oxygens (including phenoxy) is 3. The van der Waals surface area contributed by atoms with Crippen molar-refractivity contribution in [3.8, 4) is 23.3 Å². The topological polar surface area (TPSA) is 107 Å². The molecule has 2 heterocycles. The van der Waals surface area contributed by atoms with Crippen molar-refractivity contribution >= 4 is 15.7 Å². The molecule has 1 aliphatic heterocycles. The van der Waals surface area contributed by atoms with Gasteiger partial charge in [-0.2, -0.15) is 4.98 Å². The van der Waals surface area contributed by atoms with Crippen LogP contribution in [0.15, 0.2) is 12.1 Å². The largest absolute Gasteiger partial charge is 0.507 e. The van der Waals surface area contributed by atoms with Crippen LogP contribution in [0.3, 0.4) is 0 Å². The smallest absolute Gasteiger partial charge is 0.241 e. The highest BCUT2D eigenvalue weighted by atomic mass is 32.2. The molecule has 0 radical (unpaired) electrons. The first-order chi connectivity index (χ1) is 16.0. The summed E-state index contributed by atoms with van der Waals surface area (Å²) >= 11 is 0. The van der Waals surface area contributed by atoms with Gasteiger partial charge >= 0.3 is 0 Å². The SMILES string of the molecule is Cc1c(C)c2c(c(C)c1O)CCC(C)(COc1ccc(NS(C)(=O)=O)c(OC3CCCC3)n1)O2. The van der Waals surface area contributed by atoms with Crippen LogP contribution in [0.25, 0.3) is 0 Å². The Morgan fingerprint density at radius 3 is 2.56 bits per heavy atom. The third-order valence-electron chi connectivity index (χ3n) is 6.83. The van der Waals surface area contributed by atoms with Crippen LogP contribution in [0, 0.1) is 20.8 Å². The van der Waals surface area contributed by atoms with Gasteiger partial charge in [0.15, 0.2) is 0 Å². The van der Waals surface area contributed by atoms with Crippen molar-refractivity contribution in [1.82, 2.24) is 4.98 Å². The van der Waals surface area contributed by atoms with E-state index in [1.165, 1.54) is 0 Å². The fraction of sp³-hybridized carbons (Fsp3) is 0.560. The van der Waals surface area contributed by atoms with E-state index in [9.17, 15) is 13.5 Å². The number of aromatic hydroxyl groups is 1. The van der Waals surface area contributed by atoms with Crippen LogP contribution in [0.5, 0.6) is 23.3 Å². The van der Waals surface area contributed by atoms with E-state index < -0.39 is 15.6 Å². The number of aromatic nitrogens is 1. The van der Waals surface area contributed by atoms with Gasteiger partial charge in [0.2, 0.25) is 21.8 Å². The molecule has 1 aromatic carbocycles. The lowest BCUT2D eigenvalue weighted by atomic mass is 9.87. The number of phenolic OH excluding ortho intramolecular Hbond substituents is 1. The summed E-state index contributed by atoms with van der Waals surface area (Å²) in [5.74, 6) is 1.72. The van der Waals surface area contributed by atoms with Crippen LogP contribution in [0.2, 0.25) is 0 Å². The average Bonchev–Trinajstić information content (AvgIpc) is 3.28. The van der Waals surface area contributed by atoms with Crippen molar-refractivity contribution in [2.24, 2.45) is 0 Å². The molecular formula is C25H34N2O6S. The minimum atomic E-state index is -3.48. The predicted octanol–water partition coefficient (Wildman–Crippen LogP) is 4.57. The standard InChI is InChI=1S/C25H34N2O6S/c1-15-16(2)23-19(17(3)22(15)28)12-13-25(4,33-23)14-31-21-11-10-20(27-34(5,29)30)24(26-21)32-18-8-6-7-9-18/h10-11,18,27-28H,6-9,12-14H2,1-5H3. The van der Waals surface area contributed by atoms with Gasteiger partial charge in [-0.15, -0.1) is 0 Å². The van der Waals surface area contributed by atoms with Crippen molar-refractivity contribution in [2.45, 2.75) is 77.9 Å². The lowest BCUT2D eigenvalue weighted by Gasteiger charge is -2.37. The van der Waals surface area contributed by atoms with Gasteiger partial charge in [0.25, 0.3) is 0 Å². The molecule has 0 saturated heterocycles. The first-order valence-electron chi connectivity index (χ1n) is 11.7. The zero-order valence-corrected chi connectivity index (χ0v) is 21.3. The summed E-state index contributed by atoms with van der Waals surface area (Å²) in [5.41, 5.74) is 3.39. The van der Waals surface area contributed by atoms with Gasteiger partial charge in [0.1, 0.15) is 35.5 Å². The van der Waals surface area contributed by atoms with E-state index >= 15 is 0 Å². The molecule has 2 aromatic rings. The molecule has 2 N–H and O–H groups in total. The number of phenols is 1. The number of anilines is 1. The van der Waals surface area contributed by atoms with Crippen LogP contribution in [0.4, 0.5) is 5.69 Å². The molecule has 0 bridgehead atoms. The molecule has 1 aliphatic carbocycles. The van der Waals surface area contributed by atoms with E-state index in [-0.39, 0.29) is 18.6 Å². The summed E-state index contributed by atoms with van der Waals surface area (Å²) in [6.45, 7) is 8.04. The van der Waals surface area contributed by atoms with E-state index in [1.54, 1.807) is 12.1 Å². The highest BCUT2D eigenvalue weighted by Gasteiger charge is 2.35. The zero-order chi connectivity index (χ0) is 24.7. The Labute approximate surface area is 201 Å². The number of nitrogens with one attached hydrogen (secondary N) is 1. The van der Waals surface area contributed by atoms with Crippen molar-refractivity contribution in [3.63, 3.8) is 0 Å². The second kappa shape index (κ2) is 9.17. The van der Waals surface area contributed by atoms with Gasteiger partial charge in [0.05, 0.1) is 6.26 Å². The number of benzene rings is 1. The number of pyridine rings is 1. The molecule has 2 aliphatic rings. The quantitative estimate of drug-likeness (QED) is 0.585. The van der Waals surface area contributed by atoms with E-state index in [1.807, 2.05) is 27.7 Å². The molecule has 34 heavy (non-hydrogen) atoms. The summed E-state index contributed by atoms with van der Waals surface area (Å²) in [6.07, 6.45) is 6.63. The molecule has 0 spiro atoms. The van der Waals surface area contributed by atoms with E-state index in [0.29, 0.717) is 17.3 Å². The van der Waals surface area contributed by atoms with Crippen LogP contribution < -0.4 is 18.9 Å². The second-order valence-electron chi connectivity index (χ2n) is 9.77. The second-order valence-corrected chi connectivity index (χ2v) is 11.5. The number of fused-ring (bicyclic) bond motifs is 1. The van der Waals surface area contributed by atoms with Crippen LogP contribution in [0.1, 0.15) is 61.3 Å². The summed E-state index contributed by atoms with van der Waals surface area (Å²) in [4.78, 5) is 4.48. The van der Waals surface area contributed by atoms with Gasteiger partial charge in [-0.25, -0.2) is 8.42 Å². The van der Waals surface area contributed by atoms with Crippen molar-refractivity contribution < 1.29 is 27.7 Å². The molecule has 1 saturated carbocycles. The highest BCUT2D eigenvalue weighted by molar-refractivity contribution is 7.92. The van der Waals surface area contributed by atoms with Crippen LogP contribution >= 0.6 is 0 Å². The Morgan fingerprint density at radius 2 is 1.88 bits per heavy atom. The monoisotopic (exact) mass is 490 g/mol. The fourth-order valence-electron chi connectivity index (χ4n) is 4.66. The minimum Gasteiger partial charge on any atom is -0.507 e. The lowest BCUT2D eigenvalue weighted by Crippen LogP contribution is -2.42. The normalized spacial score (nSPS) is 20.5. The third-order valence-corrected chi connectivity index (χ3v) is 7.42. The van der Waals surface area contributed by atoms with Gasteiger partial charge in [-0.1, -0.05) is 0 Å². The maximum absolute atomic E-state index is 11.8. The number of rotatable bonds is 7. The van der Waals surface area contributed by atoms with Gasteiger partial charge in [-0.3, -0.25) is 4.72 Å². The van der Waals surface area contributed by atoms with Gasteiger partial charge < -0.3 is 19.3 Å². The van der Waals surface area contributed by atoms with Gasteiger partial charge in [0, 0.05) is 11.6 Å². The lowest BCUT2D eigenvalue weighted by molar-refractivity contribution is 0.0149. The Kier molecular flexibility index (Phi) is 6.59. The summed E-state index contributed by atoms with van der Waals surface area (Å²) in [6, 6.07) is 3.25. The Morgan fingerprint density at radius 1 is 1.18 bits per heavy atom. The molecule has 9 heteroatoms. The summed E-state index contributed by atoms with van der Waals surface area (Å²) in [5, 5.41) is 10.4. The molecule has 1 fully saturated rings. The molecule has 4 rings (SSSR count). The summed E-state index contributed by atoms with van der Waals surface area (Å²) < 4.78 is 44.6. The maximum Gasteiger partial charge on any atom is 0.241 e. The summed E-state index contributed by atoms with van der Waals surface area (Å²) in [7, 11) is -3.48. The molecule has 1 unspecified atom stereocenters. The first kappa shape index (κ1) is 24.4. The minimum absolute atomic E-state index is 0.0180. The van der Waals surface area contributed by atoms with Crippen molar-refractivity contribution in [3.05, 3.63) is 34.4 Å². The third kappa shape index (κ3) is 5.19. The molecule has 1 atom stereocenters. The highest BCUT2D eigenvalue weighted by Crippen LogP contribution is 2.43. The van der Waals surface area contributed by atoms with Crippen molar-refractivity contribution in [2.75, 3.05) is 17.6 Å². The predicted molar refractivity (Wildman–Crippen MR) is 131 cm³/mol. The Hall–Kier alpha value is -2.68. The Balaban J connectivity index is 1.53. The van der Waals surface area contributed by atoms with Crippen LogP contribution in [-0.2, 0) is 16.4 Å². The number of nitrogens with zero attached hydrogens (tertiary/aromatic N) is 1. The Bertz CT molecular complexity index is 1190. The van der Waals surface area contributed by atoms with Gasteiger partial charge in [-0.05, 0) is 89.0 Å². The molecular weight excluding hydrogens is 456 g/mol. The first-order valence-corrected chi connectivity index (χ1v) is 13.6. The molecule has 0 amide bonds. The number of hydrogen-bond acceptors (Lipinski definition) is 7. The average molecular weight is 491 g/mol. The molecule has 8 nitrogen and oxygen atoms in total. The molecule has 186 valence electrons. The molecule has 1 aromatic heterocycles. The van der Waals surface area contributed by atoms with E-state index in [2.05, 4.69) is 9.71 Å². The van der Waals surface area contributed by atoms with Crippen LogP contribution in [-0.4, -0.2) is 43.1 Å². The zero-order valence-electron chi connectivity index (χ0n) is 20.5.